The van der Waals surface area contributed by atoms with Crippen molar-refractivity contribution < 1.29 is 23.5 Å². The fourth-order valence-corrected chi connectivity index (χ4v) is 4.45. The Morgan fingerprint density at radius 3 is 2.65 bits per heavy atom. The maximum Gasteiger partial charge on any atom is 0.258 e. The summed E-state index contributed by atoms with van der Waals surface area (Å²) >= 11 is 0. The molecule has 10 heteroatoms. The topological polar surface area (TPSA) is 115 Å². The normalized spacial score (nSPS) is 21.2. The van der Waals surface area contributed by atoms with Gasteiger partial charge in [0.05, 0.1) is 32.4 Å². The van der Waals surface area contributed by atoms with Crippen molar-refractivity contribution in [3.8, 4) is 6.07 Å². The van der Waals surface area contributed by atoms with Gasteiger partial charge in [0.15, 0.2) is 11.6 Å². The number of carbonyl (C=O) groups excluding carboxylic acids is 3. The summed E-state index contributed by atoms with van der Waals surface area (Å²) in [5, 5.41) is 9.20. The van der Waals surface area contributed by atoms with Gasteiger partial charge < -0.3 is 9.64 Å². The van der Waals surface area contributed by atoms with Crippen LogP contribution < -0.4 is 0 Å². The Hall–Kier alpha value is -3.29. The number of fused-ring (bicyclic) bond motifs is 1. The molecule has 2 saturated heterocycles. The highest BCUT2D eigenvalue weighted by atomic mass is 19.1. The number of amides is 2. The van der Waals surface area contributed by atoms with Crippen molar-refractivity contribution in [1.82, 2.24) is 9.80 Å². The van der Waals surface area contributed by atoms with Gasteiger partial charge >= 0.3 is 0 Å². The Bertz CT molecular complexity index is 1050. The summed E-state index contributed by atoms with van der Waals surface area (Å²) in [7, 11) is 0. The summed E-state index contributed by atoms with van der Waals surface area (Å²) in [4.78, 5) is 49.7. The van der Waals surface area contributed by atoms with Crippen LogP contribution in [0.2, 0.25) is 0 Å². The van der Waals surface area contributed by atoms with Gasteiger partial charge in [-0.05, 0) is 50.2 Å². The molecule has 0 N–H and O–H groups in total. The number of nitriles is 1. The standard InChI is InChI=1S/C24H26FN5O4/c25-18-3-1-16(2-4-18)23(32)17-5-9-29(10-6-17)14-22(31)30(11-8-26)13-21-27-20-7-12-34-15-19(20)24(33)28-21/h1-4,17,19H,5-7,9-15H2. The van der Waals surface area contributed by atoms with Crippen LogP contribution in [0.1, 0.15) is 29.6 Å². The van der Waals surface area contributed by atoms with E-state index >= 15 is 0 Å². The number of Topliss-reactive ketones (excluding diaryl/α,β-unsaturated/α-hetero) is 1. The first-order chi connectivity index (χ1) is 16.4. The van der Waals surface area contributed by atoms with Gasteiger partial charge in [0.1, 0.15) is 18.3 Å². The number of aliphatic imine (C=N–C) groups is 2. The molecule has 2 fully saturated rings. The second-order valence-corrected chi connectivity index (χ2v) is 8.68. The number of benzene rings is 1. The molecule has 2 amide bonds. The van der Waals surface area contributed by atoms with Crippen molar-refractivity contribution in [2.45, 2.75) is 19.3 Å². The van der Waals surface area contributed by atoms with E-state index in [9.17, 15) is 24.0 Å². The number of hydrogen-bond acceptors (Lipinski definition) is 7. The van der Waals surface area contributed by atoms with Crippen LogP contribution in [0, 0.1) is 29.0 Å². The van der Waals surface area contributed by atoms with E-state index in [4.69, 9.17) is 4.74 Å². The van der Waals surface area contributed by atoms with E-state index < -0.39 is 5.92 Å². The minimum absolute atomic E-state index is 0.00523. The molecule has 0 aromatic heterocycles. The van der Waals surface area contributed by atoms with Crippen LogP contribution in [0.5, 0.6) is 0 Å². The van der Waals surface area contributed by atoms with Crippen LogP contribution in [0.25, 0.3) is 0 Å². The molecule has 0 bridgehead atoms. The maximum absolute atomic E-state index is 13.1. The molecule has 0 spiro atoms. The van der Waals surface area contributed by atoms with Crippen LogP contribution >= 0.6 is 0 Å². The first-order valence-electron chi connectivity index (χ1n) is 11.4. The molecule has 0 radical (unpaired) electrons. The first-order valence-corrected chi connectivity index (χ1v) is 11.4. The second-order valence-electron chi connectivity index (χ2n) is 8.68. The molecule has 3 aliphatic rings. The molecular formula is C24H26FN5O4. The number of likely N-dealkylation sites (tertiary alicyclic amines) is 1. The lowest BCUT2D eigenvalue weighted by atomic mass is 9.89. The molecule has 9 nitrogen and oxygen atoms in total. The molecule has 1 unspecified atom stereocenters. The number of ketones is 1. The zero-order valence-corrected chi connectivity index (χ0v) is 18.8. The van der Waals surface area contributed by atoms with Gasteiger partial charge in [0.25, 0.3) is 5.91 Å². The van der Waals surface area contributed by atoms with Gasteiger partial charge in [-0.2, -0.15) is 10.3 Å². The molecule has 178 valence electrons. The van der Waals surface area contributed by atoms with Crippen molar-refractivity contribution in [2.24, 2.45) is 21.8 Å². The fourth-order valence-electron chi connectivity index (χ4n) is 4.45. The molecule has 3 heterocycles. The second kappa shape index (κ2) is 10.8. The van der Waals surface area contributed by atoms with Crippen molar-refractivity contribution >= 4 is 29.1 Å². The lowest BCUT2D eigenvalue weighted by Gasteiger charge is -2.32. The highest BCUT2D eigenvalue weighted by molar-refractivity contribution is 6.17. The number of amidine groups is 1. The van der Waals surface area contributed by atoms with Crippen molar-refractivity contribution in [2.75, 3.05) is 45.9 Å². The van der Waals surface area contributed by atoms with Gasteiger partial charge in [0, 0.05) is 23.6 Å². The lowest BCUT2D eigenvalue weighted by molar-refractivity contribution is -0.131. The number of rotatable bonds is 7. The minimum Gasteiger partial charge on any atom is -0.380 e. The Labute approximate surface area is 196 Å². The van der Waals surface area contributed by atoms with Gasteiger partial charge in [-0.1, -0.05) is 0 Å². The summed E-state index contributed by atoms with van der Waals surface area (Å²) in [6.45, 7) is 1.86. The smallest absolute Gasteiger partial charge is 0.258 e. The van der Waals surface area contributed by atoms with Gasteiger partial charge in [-0.25, -0.2) is 9.38 Å². The van der Waals surface area contributed by atoms with Gasteiger partial charge in [0.2, 0.25) is 5.91 Å². The van der Waals surface area contributed by atoms with E-state index in [0.717, 1.165) is 5.71 Å². The highest BCUT2D eigenvalue weighted by Gasteiger charge is 2.33. The van der Waals surface area contributed by atoms with Crippen LogP contribution in [0.3, 0.4) is 0 Å². The van der Waals surface area contributed by atoms with E-state index in [2.05, 4.69) is 9.98 Å². The number of nitrogens with zero attached hydrogens (tertiary/aromatic N) is 5. The molecule has 34 heavy (non-hydrogen) atoms. The van der Waals surface area contributed by atoms with Crippen molar-refractivity contribution in [3.63, 3.8) is 0 Å². The first kappa shape index (κ1) is 23.9. The van der Waals surface area contributed by atoms with E-state index in [1.165, 1.54) is 29.2 Å². The zero-order chi connectivity index (χ0) is 24.1. The minimum atomic E-state index is -0.448. The molecular weight excluding hydrogens is 441 g/mol. The van der Waals surface area contributed by atoms with E-state index in [1.54, 1.807) is 0 Å². The molecule has 0 saturated carbocycles. The Morgan fingerprint density at radius 2 is 1.94 bits per heavy atom. The third kappa shape index (κ3) is 5.61. The van der Waals surface area contributed by atoms with Gasteiger partial charge in [-0.15, -0.1) is 0 Å². The molecule has 1 atom stereocenters. The third-order valence-electron chi connectivity index (χ3n) is 6.39. The quantitative estimate of drug-likeness (QED) is 0.443. The molecule has 1 aromatic carbocycles. The predicted molar refractivity (Wildman–Crippen MR) is 121 cm³/mol. The highest BCUT2D eigenvalue weighted by Crippen LogP contribution is 2.22. The monoisotopic (exact) mass is 467 g/mol. The molecule has 0 aliphatic carbocycles. The fraction of sp³-hybridized carbons (Fsp3) is 0.500. The summed E-state index contributed by atoms with van der Waals surface area (Å²) in [6, 6.07) is 7.55. The van der Waals surface area contributed by atoms with Gasteiger partial charge in [-0.3, -0.25) is 19.3 Å². The predicted octanol–water partition coefficient (Wildman–Crippen LogP) is 1.49. The number of piperidine rings is 1. The zero-order valence-electron chi connectivity index (χ0n) is 18.8. The Morgan fingerprint density at radius 1 is 1.21 bits per heavy atom. The average Bonchev–Trinajstić information content (AvgIpc) is 2.84. The lowest BCUT2D eigenvalue weighted by Crippen LogP contribution is -2.46. The maximum atomic E-state index is 13.1. The summed E-state index contributed by atoms with van der Waals surface area (Å²) < 4.78 is 18.4. The van der Waals surface area contributed by atoms with Crippen molar-refractivity contribution in [1.29, 1.82) is 5.26 Å². The largest absolute Gasteiger partial charge is 0.380 e. The number of halogens is 1. The van der Waals surface area contributed by atoms with Crippen molar-refractivity contribution in [3.05, 3.63) is 35.6 Å². The summed E-state index contributed by atoms with van der Waals surface area (Å²) in [6.07, 6.45) is 1.74. The van der Waals surface area contributed by atoms with E-state index in [0.29, 0.717) is 44.5 Å². The van der Waals surface area contributed by atoms with Crippen LogP contribution in [-0.4, -0.2) is 84.9 Å². The van der Waals surface area contributed by atoms with E-state index in [1.807, 2.05) is 11.0 Å². The van der Waals surface area contributed by atoms with Crippen LogP contribution in [-0.2, 0) is 14.3 Å². The average molecular weight is 468 g/mol. The molecule has 3 aliphatic heterocycles. The summed E-state index contributed by atoms with van der Waals surface area (Å²) in [5.41, 5.74) is 1.21. The molecule has 4 rings (SSSR count). The SMILES string of the molecule is N#CCN(CC1=NC(=O)C2COCCC2=N1)C(=O)CN1CCC(C(=O)c2ccc(F)cc2)CC1. The number of hydrogen-bond donors (Lipinski definition) is 0. The summed E-state index contributed by atoms with van der Waals surface area (Å²) in [5.74, 6) is -1.34. The molecule has 1 aromatic rings. The number of carbonyl (C=O) groups is 3. The van der Waals surface area contributed by atoms with Crippen LogP contribution in [0.15, 0.2) is 34.3 Å². The van der Waals surface area contributed by atoms with Crippen LogP contribution in [0.4, 0.5) is 4.39 Å². The Balaban J connectivity index is 1.31. The van der Waals surface area contributed by atoms with E-state index in [-0.39, 0.29) is 61.4 Å². The Kier molecular flexibility index (Phi) is 7.55. The third-order valence-corrected chi connectivity index (χ3v) is 6.39. The number of ether oxygens (including phenoxy) is 1.